The molecular formula is C21H23ClFN3O2. The standard InChI is InChI=1S/C21H23ClFN3O2/c1-13-2-3-18(23)17-11-19(25-20(13)17)21(27)24-16-9-14(8-15(22)10-16)12-26-4-6-28-7-5-26/h2-3,8-10,19,25H,4-7,11-12H2,1H3,(H,24,27). The van der Waals surface area contributed by atoms with Crippen LogP contribution in [0.3, 0.4) is 0 Å². The van der Waals surface area contributed by atoms with Crippen molar-refractivity contribution in [3.63, 3.8) is 0 Å². The lowest BCUT2D eigenvalue weighted by molar-refractivity contribution is -0.116. The van der Waals surface area contributed by atoms with Crippen molar-refractivity contribution in [1.29, 1.82) is 0 Å². The van der Waals surface area contributed by atoms with Crippen LogP contribution >= 0.6 is 11.6 Å². The normalized spacial score (nSPS) is 19.2. The highest BCUT2D eigenvalue weighted by molar-refractivity contribution is 6.31. The molecule has 4 rings (SSSR count). The molecule has 1 atom stereocenters. The van der Waals surface area contributed by atoms with Crippen LogP contribution in [0.5, 0.6) is 0 Å². The van der Waals surface area contributed by atoms with Gasteiger partial charge < -0.3 is 15.4 Å². The van der Waals surface area contributed by atoms with E-state index in [1.807, 2.05) is 19.1 Å². The van der Waals surface area contributed by atoms with Crippen molar-refractivity contribution in [1.82, 2.24) is 4.90 Å². The number of benzene rings is 2. The van der Waals surface area contributed by atoms with Crippen molar-refractivity contribution in [2.75, 3.05) is 36.9 Å². The van der Waals surface area contributed by atoms with Crippen molar-refractivity contribution in [3.8, 4) is 0 Å². The molecule has 0 bridgehead atoms. The van der Waals surface area contributed by atoms with Gasteiger partial charge in [-0.15, -0.1) is 0 Å². The van der Waals surface area contributed by atoms with Gasteiger partial charge in [0.1, 0.15) is 11.9 Å². The summed E-state index contributed by atoms with van der Waals surface area (Å²) in [5, 5.41) is 6.65. The van der Waals surface area contributed by atoms with Gasteiger partial charge in [-0.1, -0.05) is 17.7 Å². The summed E-state index contributed by atoms with van der Waals surface area (Å²) in [5.74, 6) is -0.478. The van der Waals surface area contributed by atoms with Gasteiger partial charge in [0.15, 0.2) is 0 Å². The van der Waals surface area contributed by atoms with Gasteiger partial charge >= 0.3 is 0 Å². The second-order valence-corrected chi connectivity index (χ2v) is 7.78. The predicted molar refractivity (Wildman–Crippen MR) is 108 cm³/mol. The molecule has 2 aliphatic rings. The first-order valence-corrected chi connectivity index (χ1v) is 9.82. The van der Waals surface area contributed by atoms with Crippen LogP contribution in [-0.2, 0) is 22.5 Å². The van der Waals surface area contributed by atoms with Crippen LogP contribution < -0.4 is 10.6 Å². The minimum atomic E-state index is -0.507. The Kier molecular flexibility index (Phi) is 5.53. The van der Waals surface area contributed by atoms with Crippen LogP contribution in [0.15, 0.2) is 30.3 Å². The Balaban J connectivity index is 1.45. The van der Waals surface area contributed by atoms with Crippen LogP contribution in [0.25, 0.3) is 0 Å². The van der Waals surface area contributed by atoms with Gasteiger partial charge in [-0.25, -0.2) is 4.39 Å². The Hall–Kier alpha value is -2.15. The number of fused-ring (bicyclic) bond motifs is 1. The first-order valence-electron chi connectivity index (χ1n) is 9.44. The fraction of sp³-hybridized carbons (Fsp3) is 0.381. The molecule has 1 amide bonds. The number of amides is 1. The van der Waals surface area contributed by atoms with Gasteiger partial charge in [0, 0.05) is 48.0 Å². The molecule has 2 N–H and O–H groups in total. The number of carbonyl (C=O) groups is 1. The monoisotopic (exact) mass is 403 g/mol. The smallest absolute Gasteiger partial charge is 0.247 e. The average Bonchev–Trinajstić information content (AvgIpc) is 3.12. The number of rotatable bonds is 4. The summed E-state index contributed by atoms with van der Waals surface area (Å²) >= 11 is 6.27. The number of aryl methyl sites for hydroxylation is 1. The highest BCUT2D eigenvalue weighted by atomic mass is 35.5. The van der Waals surface area contributed by atoms with E-state index in [0.29, 0.717) is 22.7 Å². The van der Waals surface area contributed by atoms with E-state index in [4.69, 9.17) is 16.3 Å². The number of hydrogen-bond acceptors (Lipinski definition) is 4. The van der Waals surface area contributed by atoms with E-state index in [-0.39, 0.29) is 11.7 Å². The number of morpholine rings is 1. The third-order valence-electron chi connectivity index (χ3n) is 5.24. The molecule has 2 heterocycles. The molecule has 2 aromatic carbocycles. The quantitative estimate of drug-likeness (QED) is 0.819. The number of nitrogens with one attached hydrogen (secondary N) is 2. The van der Waals surface area contributed by atoms with E-state index in [1.54, 1.807) is 12.1 Å². The van der Waals surface area contributed by atoms with Crippen LogP contribution in [-0.4, -0.2) is 43.2 Å². The molecule has 148 valence electrons. The third kappa shape index (κ3) is 4.14. The lowest BCUT2D eigenvalue weighted by Gasteiger charge is -2.26. The molecule has 0 saturated carbocycles. The number of carbonyl (C=O) groups excluding carboxylic acids is 1. The van der Waals surface area contributed by atoms with Crippen LogP contribution in [0.2, 0.25) is 5.02 Å². The zero-order chi connectivity index (χ0) is 19.7. The summed E-state index contributed by atoms with van der Waals surface area (Å²) in [6, 6.07) is 8.24. The van der Waals surface area contributed by atoms with Crippen LogP contribution in [0.4, 0.5) is 15.8 Å². The number of anilines is 2. The number of hydrogen-bond donors (Lipinski definition) is 2. The Morgan fingerprint density at radius 3 is 2.86 bits per heavy atom. The fourth-order valence-electron chi connectivity index (χ4n) is 3.79. The molecule has 2 aromatic rings. The van der Waals surface area contributed by atoms with E-state index in [1.165, 1.54) is 6.07 Å². The Morgan fingerprint density at radius 2 is 2.11 bits per heavy atom. The predicted octanol–water partition coefficient (Wildman–Crippen LogP) is 3.60. The van der Waals surface area contributed by atoms with Crippen molar-refractivity contribution >= 4 is 28.9 Å². The van der Waals surface area contributed by atoms with Crippen molar-refractivity contribution in [2.45, 2.75) is 25.9 Å². The van der Waals surface area contributed by atoms with E-state index in [2.05, 4.69) is 15.5 Å². The molecule has 1 fully saturated rings. The highest BCUT2D eigenvalue weighted by Gasteiger charge is 2.30. The lowest BCUT2D eigenvalue weighted by Crippen LogP contribution is -2.35. The first-order chi connectivity index (χ1) is 13.5. The summed E-state index contributed by atoms with van der Waals surface area (Å²) in [5.41, 5.74) is 3.91. The first kappa shape index (κ1) is 19.2. The van der Waals surface area contributed by atoms with Crippen LogP contribution in [0.1, 0.15) is 16.7 Å². The molecule has 1 saturated heterocycles. The molecule has 2 aliphatic heterocycles. The summed E-state index contributed by atoms with van der Waals surface area (Å²) in [6.45, 7) is 5.87. The van der Waals surface area contributed by atoms with Gasteiger partial charge in [-0.05, 0) is 42.3 Å². The number of halogens is 2. The topological polar surface area (TPSA) is 53.6 Å². The lowest BCUT2D eigenvalue weighted by atomic mass is 10.1. The largest absolute Gasteiger partial charge is 0.379 e. The maximum atomic E-state index is 14.1. The average molecular weight is 404 g/mol. The molecule has 0 radical (unpaired) electrons. The molecule has 7 heteroatoms. The van der Waals surface area contributed by atoms with Gasteiger partial charge in [-0.2, -0.15) is 0 Å². The second-order valence-electron chi connectivity index (χ2n) is 7.34. The van der Waals surface area contributed by atoms with E-state index < -0.39 is 6.04 Å². The fourth-order valence-corrected chi connectivity index (χ4v) is 4.05. The van der Waals surface area contributed by atoms with Gasteiger partial charge in [-0.3, -0.25) is 9.69 Å². The summed E-state index contributed by atoms with van der Waals surface area (Å²) in [6.07, 6.45) is 0.329. The molecule has 0 aromatic heterocycles. The zero-order valence-electron chi connectivity index (χ0n) is 15.7. The Morgan fingerprint density at radius 1 is 1.32 bits per heavy atom. The molecule has 0 aliphatic carbocycles. The molecule has 5 nitrogen and oxygen atoms in total. The van der Waals surface area contributed by atoms with Gasteiger partial charge in [0.25, 0.3) is 0 Å². The molecule has 0 spiro atoms. The SMILES string of the molecule is Cc1ccc(F)c2c1NC(C(=O)Nc1cc(Cl)cc(CN3CCOCC3)c1)C2. The summed E-state index contributed by atoms with van der Waals surface area (Å²) in [7, 11) is 0. The van der Waals surface area contributed by atoms with E-state index in [9.17, 15) is 9.18 Å². The number of nitrogens with zero attached hydrogens (tertiary/aromatic N) is 1. The van der Waals surface area contributed by atoms with Gasteiger partial charge in [0.2, 0.25) is 5.91 Å². The van der Waals surface area contributed by atoms with E-state index in [0.717, 1.165) is 49.7 Å². The third-order valence-corrected chi connectivity index (χ3v) is 5.46. The second kappa shape index (κ2) is 8.07. The Labute approximate surface area is 168 Å². The van der Waals surface area contributed by atoms with Crippen molar-refractivity contribution in [3.05, 3.63) is 57.9 Å². The van der Waals surface area contributed by atoms with Crippen molar-refractivity contribution < 1.29 is 13.9 Å². The summed E-state index contributed by atoms with van der Waals surface area (Å²) in [4.78, 5) is 15.0. The minimum absolute atomic E-state index is 0.199. The summed E-state index contributed by atoms with van der Waals surface area (Å²) < 4.78 is 19.4. The maximum Gasteiger partial charge on any atom is 0.247 e. The van der Waals surface area contributed by atoms with Crippen LogP contribution in [0, 0.1) is 12.7 Å². The molecular weight excluding hydrogens is 381 g/mol. The minimum Gasteiger partial charge on any atom is -0.379 e. The highest BCUT2D eigenvalue weighted by Crippen LogP contribution is 2.32. The van der Waals surface area contributed by atoms with Gasteiger partial charge in [0.05, 0.1) is 13.2 Å². The van der Waals surface area contributed by atoms with Crippen molar-refractivity contribution in [2.24, 2.45) is 0 Å². The molecule has 28 heavy (non-hydrogen) atoms. The van der Waals surface area contributed by atoms with E-state index >= 15 is 0 Å². The zero-order valence-corrected chi connectivity index (χ0v) is 16.5. The Bertz CT molecular complexity index is 868. The number of ether oxygens (including phenoxy) is 1. The molecule has 1 unspecified atom stereocenters. The maximum absolute atomic E-state index is 14.1.